The van der Waals surface area contributed by atoms with Crippen molar-refractivity contribution < 1.29 is 4.79 Å². The molecule has 0 radical (unpaired) electrons. The summed E-state index contributed by atoms with van der Waals surface area (Å²) in [4.78, 5) is 15.3. The highest BCUT2D eigenvalue weighted by atomic mass is 16.2. The van der Waals surface area contributed by atoms with E-state index in [4.69, 9.17) is 0 Å². The minimum Gasteiger partial charge on any atom is -0.336 e. The third-order valence-corrected chi connectivity index (χ3v) is 2.01. The number of nitrogens with one attached hydrogen (secondary N) is 2. The number of carbonyl (C=O) groups excluding carboxylic acids is 1. The molecule has 0 bridgehead atoms. The monoisotopic (exact) mass is 207 g/mol. The summed E-state index contributed by atoms with van der Waals surface area (Å²) in [5.74, 6) is 0. The van der Waals surface area contributed by atoms with Crippen LogP contribution in [0.5, 0.6) is 0 Å². The van der Waals surface area contributed by atoms with Gasteiger partial charge in [-0.3, -0.25) is 4.98 Å². The van der Waals surface area contributed by atoms with Crippen molar-refractivity contribution in [1.82, 2.24) is 15.6 Å². The van der Waals surface area contributed by atoms with Gasteiger partial charge in [-0.2, -0.15) is 0 Å². The Kier molecular flexibility index (Phi) is 4.09. The highest BCUT2D eigenvalue weighted by Gasteiger charge is 2.03. The molecule has 0 saturated carbocycles. The predicted octanol–water partition coefficient (Wildman–Crippen LogP) is 1.60. The first-order valence-corrected chi connectivity index (χ1v) is 5.03. The van der Waals surface area contributed by atoms with Crippen LogP contribution >= 0.6 is 0 Å². The van der Waals surface area contributed by atoms with Crippen molar-refractivity contribution in [1.29, 1.82) is 0 Å². The number of hydrogen-bond donors (Lipinski definition) is 2. The number of hydrogen-bond acceptors (Lipinski definition) is 2. The van der Waals surface area contributed by atoms with E-state index in [2.05, 4.69) is 15.6 Å². The first-order chi connectivity index (χ1) is 7.09. The summed E-state index contributed by atoms with van der Waals surface area (Å²) < 4.78 is 0. The smallest absolute Gasteiger partial charge is 0.315 e. The van der Waals surface area contributed by atoms with Crippen LogP contribution in [0.2, 0.25) is 0 Å². The highest BCUT2D eigenvalue weighted by molar-refractivity contribution is 5.74. The van der Waals surface area contributed by atoms with Gasteiger partial charge >= 0.3 is 6.03 Å². The zero-order valence-electron chi connectivity index (χ0n) is 9.37. The predicted molar refractivity (Wildman–Crippen MR) is 59.5 cm³/mol. The molecule has 0 aliphatic rings. The van der Waals surface area contributed by atoms with E-state index in [0.29, 0.717) is 6.54 Å². The lowest BCUT2D eigenvalue weighted by Crippen LogP contribution is -2.39. The van der Waals surface area contributed by atoms with Crippen LogP contribution in [0.1, 0.15) is 25.0 Å². The lowest BCUT2D eigenvalue weighted by Gasteiger charge is -2.10. The van der Waals surface area contributed by atoms with E-state index in [1.54, 1.807) is 12.4 Å². The Morgan fingerprint density at radius 3 is 2.87 bits per heavy atom. The summed E-state index contributed by atoms with van der Waals surface area (Å²) in [5.41, 5.74) is 2.17. The van der Waals surface area contributed by atoms with Gasteiger partial charge in [0, 0.05) is 25.0 Å². The van der Waals surface area contributed by atoms with Crippen LogP contribution in [0.15, 0.2) is 18.5 Å². The van der Waals surface area contributed by atoms with Crippen molar-refractivity contribution in [3.05, 3.63) is 29.6 Å². The topological polar surface area (TPSA) is 54.0 Å². The van der Waals surface area contributed by atoms with E-state index in [1.165, 1.54) is 0 Å². The summed E-state index contributed by atoms with van der Waals surface area (Å²) in [5, 5.41) is 5.54. The van der Waals surface area contributed by atoms with Gasteiger partial charge in [-0.1, -0.05) is 0 Å². The fraction of sp³-hybridized carbons (Fsp3) is 0.455. The van der Waals surface area contributed by atoms with E-state index >= 15 is 0 Å². The van der Waals surface area contributed by atoms with E-state index in [-0.39, 0.29) is 12.1 Å². The van der Waals surface area contributed by atoms with Crippen LogP contribution in [0.3, 0.4) is 0 Å². The fourth-order valence-corrected chi connectivity index (χ4v) is 1.17. The van der Waals surface area contributed by atoms with Crippen LogP contribution < -0.4 is 10.6 Å². The molecule has 0 unspecified atom stereocenters. The first kappa shape index (κ1) is 11.5. The number of aromatic nitrogens is 1. The number of rotatable bonds is 3. The molecule has 4 nitrogen and oxygen atoms in total. The maximum atomic E-state index is 11.3. The zero-order chi connectivity index (χ0) is 11.3. The SMILES string of the molecule is Cc1ccncc1CNC(=O)NC(C)C. The molecule has 0 aliphatic carbocycles. The Hall–Kier alpha value is -1.58. The number of pyridine rings is 1. The molecule has 0 atom stereocenters. The van der Waals surface area contributed by atoms with Gasteiger partial charge in [0.1, 0.15) is 0 Å². The minimum absolute atomic E-state index is 0.145. The lowest BCUT2D eigenvalue weighted by molar-refractivity contribution is 0.238. The fourth-order valence-electron chi connectivity index (χ4n) is 1.17. The average molecular weight is 207 g/mol. The summed E-state index contributed by atoms with van der Waals surface area (Å²) in [6.45, 7) is 6.36. The Morgan fingerprint density at radius 2 is 2.27 bits per heavy atom. The molecule has 2 amide bonds. The van der Waals surface area contributed by atoms with Crippen molar-refractivity contribution in [3.8, 4) is 0 Å². The maximum absolute atomic E-state index is 11.3. The molecule has 0 saturated heterocycles. The van der Waals surface area contributed by atoms with E-state index in [0.717, 1.165) is 11.1 Å². The van der Waals surface area contributed by atoms with E-state index in [9.17, 15) is 4.79 Å². The number of amides is 2. The summed E-state index contributed by atoms with van der Waals surface area (Å²) in [6.07, 6.45) is 3.51. The second-order valence-corrected chi connectivity index (χ2v) is 3.78. The molecule has 0 aromatic carbocycles. The number of urea groups is 1. The second kappa shape index (κ2) is 5.34. The third-order valence-electron chi connectivity index (χ3n) is 2.01. The Balaban J connectivity index is 2.44. The molecule has 0 fully saturated rings. The molecule has 15 heavy (non-hydrogen) atoms. The van der Waals surface area contributed by atoms with E-state index in [1.807, 2.05) is 26.8 Å². The molecule has 4 heteroatoms. The van der Waals surface area contributed by atoms with Gasteiger partial charge in [0.15, 0.2) is 0 Å². The molecule has 2 N–H and O–H groups in total. The number of carbonyl (C=O) groups is 1. The maximum Gasteiger partial charge on any atom is 0.315 e. The standard InChI is InChI=1S/C11H17N3O/c1-8(2)14-11(15)13-7-10-6-12-5-4-9(10)3/h4-6,8H,7H2,1-3H3,(H2,13,14,15). The average Bonchev–Trinajstić information content (AvgIpc) is 2.15. The Morgan fingerprint density at radius 1 is 1.53 bits per heavy atom. The van der Waals surface area contributed by atoms with Crippen LogP contribution in [-0.4, -0.2) is 17.1 Å². The quantitative estimate of drug-likeness (QED) is 0.791. The van der Waals surface area contributed by atoms with Crippen LogP contribution in [0.4, 0.5) is 4.79 Å². The molecule has 1 aromatic rings. The van der Waals surface area contributed by atoms with Crippen molar-refractivity contribution >= 4 is 6.03 Å². The number of aryl methyl sites for hydroxylation is 1. The number of nitrogens with zero attached hydrogens (tertiary/aromatic N) is 1. The molecule has 0 spiro atoms. The molecular weight excluding hydrogens is 190 g/mol. The normalized spacial score (nSPS) is 10.1. The van der Waals surface area contributed by atoms with Gasteiger partial charge in [-0.05, 0) is 38.0 Å². The van der Waals surface area contributed by atoms with Gasteiger partial charge in [-0.15, -0.1) is 0 Å². The third kappa shape index (κ3) is 3.97. The molecule has 0 aliphatic heterocycles. The molecule has 1 rings (SSSR count). The van der Waals surface area contributed by atoms with Gasteiger partial charge in [0.2, 0.25) is 0 Å². The zero-order valence-corrected chi connectivity index (χ0v) is 9.37. The van der Waals surface area contributed by atoms with Crippen molar-refractivity contribution in [3.63, 3.8) is 0 Å². The minimum atomic E-state index is -0.145. The summed E-state index contributed by atoms with van der Waals surface area (Å²) in [6, 6.07) is 1.94. The highest BCUT2D eigenvalue weighted by Crippen LogP contribution is 2.03. The summed E-state index contributed by atoms with van der Waals surface area (Å²) >= 11 is 0. The second-order valence-electron chi connectivity index (χ2n) is 3.78. The first-order valence-electron chi connectivity index (χ1n) is 5.03. The van der Waals surface area contributed by atoms with Crippen molar-refractivity contribution in [2.75, 3.05) is 0 Å². The van der Waals surface area contributed by atoms with Gasteiger partial charge in [0.25, 0.3) is 0 Å². The molecule has 1 aromatic heterocycles. The largest absolute Gasteiger partial charge is 0.336 e. The summed E-state index contributed by atoms with van der Waals surface area (Å²) in [7, 11) is 0. The molecular formula is C11H17N3O. The lowest BCUT2D eigenvalue weighted by atomic mass is 10.2. The van der Waals surface area contributed by atoms with Crippen LogP contribution in [0, 0.1) is 6.92 Å². The Bertz CT molecular complexity index is 336. The van der Waals surface area contributed by atoms with Gasteiger partial charge in [0.05, 0.1) is 0 Å². The van der Waals surface area contributed by atoms with E-state index < -0.39 is 0 Å². The van der Waals surface area contributed by atoms with Crippen LogP contribution in [-0.2, 0) is 6.54 Å². The molecule has 82 valence electrons. The van der Waals surface area contributed by atoms with Crippen molar-refractivity contribution in [2.24, 2.45) is 0 Å². The van der Waals surface area contributed by atoms with Crippen molar-refractivity contribution in [2.45, 2.75) is 33.4 Å². The van der Waals surface area contributed by atoms with Crippen LogP contribution in [0.25, 0.3) is 0 Å². The Labute approximate surface area is 90.1 Å². The molecule has 1 heterocycles. The van der Waals surface area contributed by atoms with Gasteiger partial charge in [-0.25, -0.2) is 4.79 Å². The van der Waals surface area contributed by atoms with Gasteiger partial charge < -0.3 is 10.6 Å².